The molecule has 1 aliphatic heterocycles. The minimum atomic E-state index is -3.64. The van der Waals surface area contributed by atoms with Gasteiger partial charge in [-0.2, -0.15) is 4.31 Å². The summed E-state index contributed by atoms with van der Waals surface area (Å²) in [6, 6.07) is 14.2. The number of piperidine rings is 1. The quantitative estimate of drug-likeness (QED) is 0.599. The van der Waals surface area contributed by atoms with E-state index in [0.29, 0.717) is 31.7 Å². The van der Waals surface area contributed by atoms with Gasteiger partial charge in [0.2, 0.25) is 15.9 Å². The Morgan fingerprint density at radius 3 is 2.55 bits per heavy atom. The van der Waals surface area contributed by atoms with Gasteiger partial charge in [-0.3, -0.25) is 4.79 Å². The van der Waals surface area contributed by atoms with Crippen LogP contribution in [0.1, 0.15) is 24.8 Å². The third kappa shape index (κ3) is 5.98. The van der Waals surface area contributed by atoms with Gasteiger partial charge in [0, 0.05) is 19.6 Å². The molecule has 1 fully saturated rings. The van der Waals surface area contributed by atoms with Crippen molar-refractivity contribution in [2.24, 2.45) is 5.92 Å². The van der Waals surface area contributed by atoms with Crippen molar-refractivity contribution in [2.75, 3.05) is 33.9 Å². The number of benzene rings is 2. The Hall–Kier alpha value is -2.58. The van der Waals surface area contributed by atoms with Gasteiger partial charge < -0.3 is 14.8 Å². The van der Waals surface area contributed by atoms with Crippen LogP contribution in [0.3, 0.4) is 0 Å². The molecule has 1 aliphatic rings. The highest BCUT2D eigenvalue weighted by atomic mass is 32.2. The molecule has 1 saturated heterocycles. The second-order valence-electron chi connectivity index (χ2n) is 7.62. The fraction of sp³-hybridized carbons (Fsp3) is 0.435. The fourth-order valence-electron chi connectivity index (χ4n) is 3.75. The topological polar surface area (TPSA) is 84.9 Å². The molecule has 0 aromatic heterocycles. The van der Waals surface area contributed by atoms with Crippen LogP contribution >= 0.6 is 0 Å². The number of rotatable bonds is 9. The predicted octanol–water partition coefficient (Wildman–Crippen LogP) is 2.85. The second-order valence-corrected chi connectivity index (χ2v) is 9.56. The summed E-state index contributed by atoms with van der Waals surface area (Å²) in [5, 5.41) is 2.97. The average molecular weight is 447 g/mol. The molecule has 0 aliphatic carbocycles. The molecule has 1 atom stereocenters. The molecule has 0 bridgehead atoms. The van der Waals surface area contributed by atoms with E-state index in [1.54, 1.807) is 19.2 Å². The van der Waals surface area contributed by atoms with Gasteiger partial charge in [0.15, 0.2) is 0 Å². The van der Waals surface area contributed by atoms with E-state index in [4.69, 9.17) is 9.47 Å². The normalized spacial score (nSPS) is 17.2. The maximum absolute atomic E-state index is 13.0. The molecule has 0 saturated carbocycles. The summed E-state index contributed by atoms with van der Waals surface area (Å²) in [6.45, 7) is 1.18. The number of ether oxygens (including phenoxy) is 2. The Morgan fingerprint density at radius 2 is 1.84 bits per heavy atom. The zero-order chi connectivity index (χ0) is 22.3. The van der Waals surface area contributed by atoms with Crippen LogP contribution in [0.2, 0.25) is 0 Å². The predicted molar refractivity (Wildman–Crippen MR) is 119 cm³/mol. The van der Waals surface area contributed by atoms with Crippen LogP contribution in [0.15, 0.2) is 53.4 Å². The molecule has 0 spiro atoms. The molecule has 1 N–H and O–H groups in total. The summed E-state index contributed by atoms with van der Waals surface area (Å²) in [5.41, 5.74) is 1.16. The molecule has 31 heavy (non-hydrogen) atoms. The van der Waals surface area contributed by atoms with Crippen molar-refractivity contribution in [1.82, 2.24) is 9.62 Å². The van der Waals surface area contributed by atoms with Crippen molar-refractivity contribution >= 4 is 15.9 Å². The number of nitrogens with zero attached hydrogens (tertiary/aromatic N) is 1. The monoisotopic (exact) mass is 446 g/mol. The maximum atomic E-state index is 13.0. The van der Waals surface area contributed by atoms with Crippen molar-refractivity contribution in [3.63, 3.8) is 0 Å². The first-order valence-electron chi connectivity index (χ1n) is 10.5. The lowest BCUT2D eigenvalue weighted by Crippen LogP contribution is -2.45. The summed E-state index contributed by atoms with van der Waals surface area (Å²) in [6.07, 6.45) is 2.99. The second kappa shape index (κ2) is 10.6. The van der Waals surface area contributed by atoms with Crippen LogP contribution in [0.4, 0.5) is 0 Å². The number of carbonyl (C=O) groups is 1. The van der Waals surface area contributed by atoms with Crippen LogP contribution in [0.25, 0.3) is 0 Å². The number of aryl methyl sites for hydroxylation is 1. The SMILES string of the molecule is COc1ccc(S(=O)(=O)N2CCC[C@H](C(=O)NCCCc3cccc(OC)c3)C2)cc1. The van der Waals surface area contributed by atoms with E-state index < -0.39 is 10.0 Å². The molecule has 0 radical (unpaired) electrons. The summed E-state index contributed by atoms with van der Waals surface area (Å²) < 4.78 is 37.7. The van der Waals surface area contributed by atoms with Crippen LogP contribution in [-0.2, 0) is 21.2 Å². The molecule has 0 unspecified atom stereocenters. The van der Waals surface area contributed by atoms with E-state index in [9.17, 15) is 13.2 Å². The zero-order valence-corrected chi connectivity index (χ0v) is 18.9. The molecule has 168 valence electrons. The molecule has 7 nitrogen and oxygen atoms in total. The molecular weight excluding hydrogens is 416 g/mol. The first-order chi connectivity index (χ1) is 14.9. The van der Waals surface area contributed by atoms with Gasteiger partial charge in [0.25, 0.3) is 0 Å². The van der Waals surface area contributed by atoms with Gasteiger partial charge in [0.05, 0.1) is 25.0 Å². The number of hydrogen-bond donors (Lipinski definition) is 1. The first kappa shape index (κ1) is 23.1. The highest BCUT2D eigenvalue weighted by molar-refractivity contribution is 7.89. The van der Waals surface area contributed by atoms with Gasteiger partial charge >= 0.3 is 0 Å². The number of carbonyl (C=O) groups excluding carboxylic acids is 1. The Bertz CT molecular complexity index is 976. The molecule has 8 heteroatoms. The van der Waals surface area contributed by atoms with E-state index in [0.717, 1.165) is 24.2 Å². The molecule has 2 aromatic rings. The Kier molecular flexibility index (Phi) is 7.92. The van der Waals surface area contributed by atoms with E-state index in [-0.39, 0.29) is 23.3 Å². The van der Waals surface area contributed by atoms with Gasteiger partial charge in [-0.25, -0.2) is 8.42 Å². The number of amides is 1. The van der Waals surface area contributed by atoms with Gasteiger partial charge in [-0.15, -0.1) is 0 Å². The lowest BCUT2D eigenvalue weighted by atomic mass is 9.99. The highest BCUT2D eigenvalue weighted by Gasteiger charge is 2.33. The van der Waals surface area contributed by atoms with Gasteiger partial charge in [0.1, 0.15) is 11.5 Å². The summed E-state index contributed by atoms with van der Waals surface area (Å²) in [7, 11) is -0.459. The Balaban J connectivity index is 1.51. The molecule has 1 amide bonds. The molecular formula is C23H30N2O5S. The van der Waals surface area contributed by atoms with Crippen LogP contribution < -0.4 is 14.8 Å². The third-order valence-electron chi connectivity index (χ3n) is 5.53. The van der Waals surface area contributed by atoms with E-state index in [1.807, 2.05) is 24.3 Å². The molecule has 2 aromatic carbocycles. The van der Waals surface area contributed by atoms with E-state index >= 15 is 0 Å². The number of hydrogen-bond acceptors (Lipinski definition) is 5. The Labute approximate surface area is 184 Å². The zero-order valence-electron chi connectivity index (χ0n) is 18.0. The van der Waals surface area contributed by atoms with Gasteiger partial charge in [-0.1, -0.05) is 12.1 Å². The van der Waals surface area contributed by atoms with Crippen molar-refractivity contribution < 1.29 is 22.7 Å². The van der Waals surface area contributed by atoms with E-state index in [2.05, 4.69) is 5.32 Å². The molecule has 3 rings (SSSR count). The summed E-state index contributed by atoms with van der Waals surface area (Å²) in [5.74, 6) is 1.00. The fourth-order valence-corrected chi connectivity index (χ4v) is 5.27. The average Bonchev–Trinajstić information content (AvgIpc) is 2.82. The lowest BCUT2D eigenvalue weighted by Gasteiger charge is -2.31. The van der Waals surface area contributed by atoms with Crippen LogP contribution in [0, 0.1) is 5.92 Å². The van der Waals surface area contributed by atoms with Crippen LogP contribution in [0.5, 0.6) is 11.5 Å². The molecule has 1 heterocycles. The minimum absolute atomic E-state index is 0.0831. The third-order valence-corrected chi connectivity index (χ3v) is 7.41. The van der Waals surface area contributed by atoms with Crippen molar-refractivity contribution in [1.29, 1.82) is 0 Å². The Morgan fingerprint density at radius 1 is 1.10 bits per heavy atom. The van der Waals surface area contributed by atoms with Crippen molar-refractivity contribution in [3.8, 4) is 11.5 Å². The largest absolute Gasteiger partial charge is 0.497 e. The van der Waals surface area contributed by atoms with E-state index in [1.165, 1.54) is 23.5 Å². The maximum Gasteiger partial charge on any atom is 0.243 e. The number of nitrogens with one attached hydrogen (secondary N) is 1. The summed E-state index contributed by atoms with van der Waals surface area (Å²) in [4.78, 5) is 12.8. The van der Waals surface area contributed by atoms with Crippen molar-refractivity contribution in [3.05, 3.63) is 54.1 Å². The smallest absolute Gasteiger partial charge is 0.243 e. The van der Waals surface area contributed by atoms with Crippen molar-refractivity contribution in [2.45, 2.75) is 30.6 Å². The standard InChI is InChI=1S/C23H30N2O5S/c1-29-20-10-12-22(13-11-20)31(27,28)25-15-5-8-19(17-25)23(26)24-14-4-7-18-6-3-9-21(16-18)30-2/h3,6,9-13,16,19H,4-5,7-8,14-15,17H2,1-2H3,(H,24,26)/t19-/m0/s1. The summed E-state index contributed by atoms with van der Waals surface area (Å²) >= 11 is 0. The number of sulfonamides is 1. The number of methoxy groups -OCH3 is 2. The van der Waals surface area contributed by atoms with Gasteiger partial charge in [-0.05, 0) is 67.6 Å². The highest BCUT2D eigenvalue weighted by Crippen LogP contribution is 2.25. The minimum Gasteiger partial charge on any atom is -0.497 e. The first-order valence-corrected chi connectivity index (χ1v) is 11.9. The van der Waals surface area contributed by atoms with Crippen LogP contribution in [-0.4, -0.2) is 52.5 Å². The lowest BCUT2D eigenvalue weighted by molar-refractivity contribution is -0.126.